The molecule has 0 bridgehead atoms. The lowest BCUT2D eigenvalue weighted by Crippen LogP contribution is -2.49. The predicted molar refractivity (Wildman–Crippen MR) is 128 cm³/mol. The molecule has 0 fully saturated rings. The maximum atomic E-state index is 13.5. The van der Waals surface area contributed by atoms with Gasteiger partial charge in [-0.15, -0.1) is 0 Å². The van der Waals surface area contributed by atoms with Gasteiger partial charge in [-0.3, -0.25) is 14.7 Å². The number of rotatable bonds is 7. The number of carbonyl (C=O) groups excluding carboxylic acids is 1. The topological polar surface area (TPSA) is 78.8 Å². The maximum absolute atomic E-state index is 13.5. The quantitative estimate of drug-likeness (QED) is 0.697. The molecule has 2 aromatic heterocycles. The average Bonchev–Trinajstić information content (AvgIpc) is 3.36. The molecule has 0 unspecified atom stereocenters. The van der Waals surface area contributed by atoms with Crippen molar-refractivity contribution >= 4 is 11.5 Å². The van der Waals surface area contributed by atoms with Gasteiger partial charge in [-0.25, -0.2) is 4.98 Å². The molecule has 1 aliphatic carbocycles. The van der Waals surface area contributed by atoms with Crippen LogP contribution >= 0.6 is 0 Å². The minimum atomic E-state index is -0.283. The number of ether oxygens (including phenoxy) is 1. The fourth-order valence-electron chi connectivity index (χ4n) is 4.60. The van der Waals surface area contributed by atoms with Crippen molar-refractivity contribution in [3.8, 4) is 5.88 Å². The molecule has 176 valence electrons. The molecule has 7 nitrogen and oxygen atoms in total. The van der Waals surface area contributed by atoms with E-state index in [2.05, 4.69) is 41.0 Å². The fourth-order valence-corrected chi connectivity index (χ4v) is 4.60. The van der Waals surface area contributed by atoms with Crippen LogP contribution in [0.5, 0.6) is 5.88 Å². The second kappa shape index (κ2) is 10.4. The summed E-state index contributed by atoms with van der Waals surface area (Å²) in [5.74, 6) is 0.309. The first-order valence-corrected chi connectivity index (χ1v) is 11.8. The van der Waals surface area contributed by atoms with Gasteiger partial charge in [0.05, 0.1) is 12.6 Å². The van der Waals surface area contributed by atoms with E-state index in [4.69, 9.17) is 4.74 Å². The van der Waals surface area contributed by atoms with Gasteiger partial charge in [0.2, 0.25) is 5.88 Å². The number of pyridine rings is 2. The summed E-state index contributed by atoms with van der Waals surface area (Å²) in [5.41, 5.74) is 3.84. The molecule has 3 heterocycles. The van der Waals surface area contributed by atoms with Crippen LogP contribution < -0.4 is 4.74 Å². The fraction of sp³-hybridized carbons (Fsp3) is 0.500. The smallest absolute Gasteiger partial charge is 0.259 e. The SMILES string of the molecule is C[C@H]1CN([C@@H](C)CO)C(=O)c2cc(C3=CCCC3)cnc2O[C@@H]1CN(C)Cc1cccnc1. The van der Waals surface area contributed by atoms with Crippen LogP contribution in [0.2, 0.25) is 0 Å². The Morgan fingerprint density at radius 2 is 2.21 bits per heavy atom. The lowest BCUT2D eigenvalue weighted by Gasteiger charge is -2.37. The van der Waals surface area contributed by atoms with Crippen LogP contribution in [0.15, 0.2) is 42.9 Å². The molecule has 33 heavy (non-hydrogen) atoms. The molecule has 0 radical (unpaired) electrons. The molecule has 2 aromatic rings. The van der Waals surface area contributed by atoms with Gasteiger partial charge in [-0.1, -0.05) is 19.1 Å². The summed E-state index contributed by atoms with van der Waals surface area (Å²) in [4.78, 5) is 26.3. The molecule has 0 spiro atoms. The molecule has 7 heteroatoms. The van der Waals surface area contributed by atoms with E-state index in [-0.39, 0.29) is 30.6 Å². The summed E-state index contributed by atoms with van der Waals surface area (Å²) in [5, 5.41) is 9.84. The Morgan fingerprint density at radius 1 is 1.36 bits per heavy atom. The first-order valence-electron chi connectivity index (χ1n) is 11.8. The third-order valence-electron chi connectivity index (χ3n) is 6.60. The Morgan fingerprint density at radius 3 is 2.91 bits per heavy atom. The van der Waals surface area contributed by atoms with Crippen molar-refractivity contribution in [3.05, 3.63) is 59.6 Å². The van der Waals surface area contributed by atoms with Crippen LogP contribution in [0.25, 0.3) is 5.57 Å². The minimum Gasteiger partial charge on any atom is -0.472 e. The van der Waals surface area contributed by atoms with Crippen molar-refractivity contribution in [1.82, 2.24) is 19.8 Å². The van der Waals surface area contributed by atoms with Crippen molar-refractivity contribution in [3.63, 3.8) is 0 Å². The molecular formula is C26H34N4O3. The van der Waals surface area contributed by atoms with Gasteiger partial charge in [0.1, 0.15) is 11.7 Å². The number of hydrogen-bond donors (Lipinski definition) is 1. The lowest BCUT2D eigenvalue weighted by molar-refractivity contribution is 0.0325. The number of allylic oxidation sites excluding steroid dienone is 2. The Balaban J connectivity index is 1.62. The van der Waals surface area contributed by atoms with E-state index in [0.29, 0.717) is 24.5 Å². The standard InChI is InChI=1S/C26H34N4O3/c1-18-14-30(19(2)17-31)26(32)23-11-22(21-8-4-5-9-21)13-28-25(23)33-24(18)16-29(3)15-20-7-6-10-27-12-20/h6-8,10-13,18-19,24,31H,4-5,9,14-17H2,1-3H3/t18-,19-,24+/m0/s1. The summed E-state index contributed by atoms with van der Waals surface area (Å²) in [6.45, 7) is 5.84. The van der Waals surface area contributed by atoms with Crippen LogP contribution in [0, 0.1) is 5.92 Å². The summed E-state index contributed by atoms with van der Waals surface area (Å²) in [6.07, 6.45) is 10.7. The average molecular weight is 451 g/mol. The van der Waals surface area contributed by atoms with Crippen LogP contribution in [-0.4, -0.2) is 69.7 Å². The van der Waals surface area contributed by atoms with Crippen LogP contribution in [0.4, 0.5) is 0 Å². The zero-order chi connectivity index (χ0) is 23.4. The molecule has 3 atom stereocenters. The van der Waals surface area contributed by atoms with E-state index in [1.54, 1.807) is 11.1 Å². The van der Waals surface area contributed by atoms with Gasteiger partial charge in [-0.2, -0.15) is 0 Å². The molecule has 1 N–H and O–H groups in total. The van der Waals surface area contributed by atoms with Gasteiger partial charge in [0.25, 0.3) is 5.91 Å². The zero-order valence-electron chi connectivity index (χ0n) is 19.8. The van der Waals surface area contributed by atoms with Gasteiger partial charge < -0.3 is 14.7 Å². The van der Waals surface area contributed by atoms with E-state index in [1.807, 2.05) is 31.5 Å². The third-order valence-corrected chi connectivity index (χ3v) is 6.60. The largest absolute Gasteiger partial charge is 0.472 e. The highest BCUT2D eigenvalue weighted by atomic mass is 16.5. The van der Waals surface area contributed by atoms with Gasteiger partial charge in [0, 0.05) is 44.1 Å². The van der Waals surface area contributed by atoms with Crippen LogP contribution in [-0.2, 0) is 6.54 Å². The van der Waals surface area contributed by atoms with Crippen molar-refractivity contribution < 1.29 is 14.6 Å². The van der Waals surface area contributed by atoms with E-state index < -0.39 is 0 Å². The number of amides is 1. The second-order valence-electron chi connectivity index (χ2n) is 9.38. The summed E-state index contributed by atoms with van der Waals surface area (Å²) in [6, 6.07) is 5.64. The highest BCUT2D eigenvalue weighted by Gasteiger charge is 2.34. The first-order chi connectivity index (χ1) is 16.0. The molecular weight excluding hydrogens is 416 g/mol. The van der Waals surface area contributed by atoms with Gasteiger partial charge in [-0.05, 0) is 62.1 Å². The zero-order valence-corrected chi connectivity index (χ0v) is 19.8. The Bertz CT molecular complexity index is 994. The monoisotopic (exact) mass is 450 g/mol. The Kier molecular flexibility index (Phi) is 7.40. The normalized spacial score (nSPS) is 21.8. The second-order valence-corrected chi connectivity index (χ2v) is 9.38. The van der Waals surface area contributed by atoms with Crippen LogP contribution in [0.3, 0.4) is 0 Å². The van der Waals surface area contributed by atoms with Gasteiger partial charge in [0.15, 0.2) is 0 Å². The molecule has 0 saturated heterocycles. The number of fused-ring (bicyclic) bond motifs is 1. The molecule has 0 aromatic carbocycles. The van der Waals surface area contributed by atoms with E-state index in [9.17, 15) is 9.90 Å². The molecule has 1 amide bonds. The number of nitrogens with zero attached hydrogens (tertiary/aromatic N) is 4. The summed E-state index contributed by atoms with van der Waals surface area (Å²) >= 11 is 0. The van der Waals surface area contributed by atoms with Gasteiger partial charge >= 0.3 is 0 Å². The van der Waals surface area contributed by atoms with E-state index in [0.717, 1.165) is 36.9 Å². The van der Waals surface area contributed by atoms with E-state index >= 15 is 0 Å². The van der Waals surface area contributed by atoms with Crippen molar-refractivity contribution in [2.75, 3.05) is 26.7 Å². The predicted octanol–water partition coefficient (Wildman–Crippen LogP) is 3.40. The molecule has 4 rings (SSSR count). The number of aliphatic hydroxyl groups is 1. The van der Waals surface area contributed by atoms with Crippen molar-refractivity contribution in [2.45, 2.75) is 51.8 Å². The summed E-state index contributed by atoms with van der Waals surface area (Å²) in [7, 11) is 2.06. The number of aliphatic hydroxyl groups excluding tert-OH is 1. The highest BCUT2D eigenvalue weighted by Crippen LogP contribution is 2.32. The van der Waals surface area contributed by atoms with Crippen LogP contribution in [0.1, 0.15) is 54.6 Å². The number of likely N-dealkylation sites (N-methyl/N-ethyl adjacent to an activating group) is 1. The number of aromatic nitrogens is 2. The number of carbonyl (C=O) groups is 1. The molecule has 1 aliphatic heterocycles. The third kappa shape index (κ3) is 5.42. The lowest BCUT2D eigenvalue weighted by atomic mass is 9.99. The number of hydrogen-bond acceptors (Lipinski definition) is 6. The minimum absolute atomic E-state index is 0.0615. The van der Waals surface area contributed by atoms with Crippen molar-refractivity contribution in [2.24, 2.45) is 5.92 Å². The first kappa shape index (κ1) is 23.4. The highest BCUT2D eigenvalue weighted by molar-refractivity contribution is 5.97. The van der Waals surface area contributed by atoms with E-state index in [1.165, 1.54) is 5.57 Å². The maximum Gasteiger partial charge on any atom is 0.259 e. The Labute approximate surface area is 196 Å². The molecule has 0 saturated carbocycles. The Hall–Kier alpha value is -2.77. The van der Waals surface area contributed by atoms with Crippen molar-refractivity contribution in [1.29, 1.82) is 0 Å². The molecule has 2 aliphatic rings. The summed E-state index contributed by atoms with van der Waals surface area (Å²) < 4.78 is 6.41.